The maximum absolute atomic E-state index is 13.2. The summed E-state index contributed by atoms with van der Waals surface area (Å²) in [5.41, 5.74) is 0.831. The Labute approximate surface area is 167 Å². The Hall–Kier alpha value is -3.48. The first kappa shape index (κ1) is 20.3. The molecule has 1 aromatic heterocycles. The van der Waals surface area contributed by atoms with Crippen molar-refractivity contribution in [1.29, 1.82) is 0 Å². The van der Waals surface area contributed by atoms with Crippen molar-refractivity contribution in [2.24, 2.45) is 0 Å². The van der Waals surface area contributed by atoms with E-state index in [-0.39, 0.29) is 18.2 Å². The Morgan fingerprint density at radius 1 is 1.07 bits per heavy atom. The first-order valence-corrected chi connectivity index (χ1v) is 9.47. The quantitative estimate of drug-likeness (QED) is 0.650. The second-order valence-electron chi connectivity index (χ2n) is 6.99. The molecule has 0 atom stereocenters. The van der Waals surface area contributed by atoms with E-state index in [1.807, 2.05) is 13.8 Å². The van der Waals surface area contributed by atoms with Gasteiger partial charge in [-0.3, -0.25) is 19.0 Å². The summed E-state index contributed by atoms with van der Waals surface area (Å²) in [6, 6.07) is 11.5. The summed E-state index contributed by atoms with van der Waals surface area (Å²) < 4.78 is 2.31. The summed E-state index contributed by atoms with van der Waals surface area (Å²) in [6.45, 7) is 5.51. The van der Waals surface area contributed by atoms with Gasteiger partial charge in [-0.2, -0.15) is 0 Å². The number of ketones is 1. The van der Waals surface area contributed by atoms with Gasteiger partial charge in [0.25, 0.3) is 5.56 Å². The number of Topliss-reactive ketones (excluding diaryl/α,β-unsaturated/α-hetero) is 1. The third-order valence-electron chi connectivity index (χ3n) is 4.68. The first-order valence-electron chi connectivity index (χ1n) is 9.47. The molecule has 29 heavy (non-hydrogen) atoms. The van der Waals surface area contributed by atoms with Gasteiger partial charge < -0.3 is 5.32 Å². The minimum absolute atomic E-state index is 0.171. The normalized spacial score (nSPS) is 10.9. The zero-order chi connectivity index (χ0) is 21.1. The summed E-state index contributed by atoms with van der Waals surface area (Å²) in [4.78, 5) is 50.5. The number of amides is 1. The summed E-state index contributed by atoms with van der Waals surface area (Å²) >= 11 is 0. The van der Waals surface area contributed by atoms with E-state index in [0.717, 1.165) is 16.6 Å². The van der Waals surface area contributed by atoms with Gasteiger partial charge in [-0.15, -0.1) is 0 Å². The molecule has 2 aromatic carbocycles. The Kier molecular flexibility index (Phi) is 5.77. The molecular formula is C22H23N3O4. The molecule has 3 aromatic rings. The van der Waals surface area contributed by atoms with Crippen LogP contribution in [-0.2, 0) is 11.3 Å². The number of aryl methyl sites for hydroxylation is 1. The van der Waals surface area contributed by atoms with Crippen LogP contribution in [0.25, 0.3) is 16.6 Å². The third kappa shape index (κ3) is 4.03. The van der Waals surface area contributed by atoms with Crippen LogP contribution in [0.5, 0.6) is 0 Å². The van der Waals surface area contributed by atoms with Crippen LogP contribution < -0.4 is 16.6 Å². The van der Waals surface area contributed by atoms with Crippen LogP contribution in [0.4, 0.5) is 0 Å². The number of fused-ring (bicyclic) bond motifs is 1. The number of nitrogens with zero attached hydrogens (tertiary/aromatic N) is 2. The fourth-order valence-electron chi connectivity index (χ4n) is 3.20. The molecule has 1 N–H and O–H groups in total. The van der Waals surface area contributed by atoms with Gasteiger partial charge in [0, 0.05) is 12.1 Å². The third-order valence-corrected chi connectivity index (χ3v) is 4.68. The van der Waals surface area contributed by atoms with Crippen molar-refractivity contribution >= 4 is 22.6 Å². The minimum atomic E-state index is -0.626. The maximum Gasteiger partial charge on any atom is 0.336 e. The lowest BCUT2D eigenvalue weighted by Crippen LogP contribution is -2.42. The van der Waals surface area contributed by atoms with E-state index in [2.05, 4.69) is 5.32 Å². The predicted octanol–water partition coefficient (Wildman–Crippen LogP) is 2.19. The van der Waals surface area contributed by atoms with E-state index in [1.165, 1.54) is 17.6 Å². The smallest absolute Gasteiger partial charge is 0.336 e. The van der Waals surface area contributed by atoms with Gasteiger partial charge in [-0.05, 0) is 44.5 Å². The topological polar surface area (TPSA) is 90.2 Å². The highest BCUT2D eigenvalue weighted by atomic mass is 16.2. The van der Waals surface area contributed by atoms with Crippen molar-refractivity contribution in [2.75, 3.05) is 6.54 Å². The molecule has 0 spiro atoms. The lowest BCUT2D eigenvalue weighted by Gasteiger charge is -2.15. The number of hydrogen-bond acceptors (Lipinski definition) is 4. The molecule has 0 saturated carbocycles. The van der Waals surface area contributed by atoms with Gasteiger partial charge in [0.15, 0.2) is 5.78 Å². The van der Waals surface area contributed by atoms with E-state index in [4.69, 9.17) is 0 Å². The Bertz CT molecular complexity index is 1220. The monoisotopic (exact) mass is 393 g/mol. The number of hydrogen-bond donors (Lipinski definition) is 1. The lowest BCUT2D eigenvalue weighted by molar-refractivity contribution is -0.121. The number of rotatable bonds is 6. The van der Waals surface area contributed by atoms with E-state index in [1.54, 1.807) is 36.4 Å². The first-order chi connectivity index (χ1) is 13.8. The molecule has 0 aliphatic heterocycles. The average molecular weight is 393 g/mol. The Morgan fingerprint density at radius 2 is 1.83 bits per heavy atom. The summed E-state index contributed by atoms with van der Waals surface area (Å²) in [6.07, 6.45) is 0.776. The zero-order valence-corrected chi connectivity index (χ0v) is 16.7. The van der Waals surface area contributed by atoms with Gasteiger partial charge in [-0.1, -0.05) is 30.7 Å². The van der Waals surface area contributed by atoms with Crippen LogP contribution >= 0.6 is 0 Å². The van der Waals surface area contributed by atoms with Crippen LogP contribution in [0.15, 0.2) is 52.1 Å². The second kappa shape index (κ2) is 8.26. The van der Waals surface area contributed by atoms with Crippen molar-refractivity contribution in [3.8, 4) is 5.69 Å². The molecule has 7 nitrogen and oxygen atoms in total. The highest BCUT2D eigenvalue weighted by molar-refractivity contribution is 5.94. The summed E-state index contributed by atoms with van der Waals surface area (Å²) in [5, 5.41) is 3.09. The van der Waals surface area contributed by atoms with Gasteiger partial charge in [0.1, 0.15) is 6.54 Å². The Morgan fingerprint density at radius 3 is 2.52 bits per heavy atom. The Balaban J connectivity index is 2.29. The SMILES string of the molecule is CCCNC(=O)Cn1c(=O)n(-c2cccc(C(C)=O)c2)c(=O)c2cc(C)ccc21. The standard InChI is InChI=1S/C22H23N3O4/c1-4-10-23-20(27)13-24-19-9-8-14(2)11-18(19)21(28)25(22(24)29)17-7-5-6-16(12-17)15(3)26/h5-9,11-12H,4,10,13H2,1-3H3,(H,23,27). The molecule has 0 bridgehead atoms. The molecule has 0 aliphatic carbocycles. The van der Waals surface area contributed by atoms with Crippen LogP contribution in [-0.4, -0.2) is 27.4 Å². The molecule has 7 heteroatoms. The van der Waals surface area contributed by atoms with Crippen molar-refractivity contribution in [3.63, 3.8) is 0 Å². The largest absolute Gasteiger partial charge is 0.355 e. The van der Waals surface area contributed by atoms with Gasteiger partial charge >= 0.3 is 5.69 Å². The maximum atomic E-state index is 13.2. The highest BCUT2D eigenvalue weighted by Gasteiger charge is 2.17. The van der Waals surface area contributed by atoms with Gasteiger partial charge in [-0.25, -0.2) is 9.36 Å². The molecule has 150 valence electrons. The second-order valence-corrected chi connectivity index (χ2v) is 6.99. The zero-order valence-electron chi connectivity index (χ0n) is 16.7. The summed E-state index contributed by atoms with van der Waals surface area (Å²) in [7, 11) is 0. The number of nitrogens with one attached hydrogen (secondary N) is 1. The molecule has 3 rings (SSSR count). The number of carbonyl (C=O) groups is 2. The molecule has 1 heterocycles. The van der Waals surface area contributed by atoms with Crippen molar-refractivity contribution < 1.29 is 9.59 Å². The van der Waals surface area contributed by atoms with Crippen LogP contribution in [0.2, 0.25) is 0 Å². The number of carbonyl (C=O) groups excluding carboxylic acids is 2. The lowest BCUT2D eigenvalue weighted by atomic mass is 10.1. The molecule has 0 aliphatic rings. The summed E-state index contributed by atoms with van der Waals surface area (Å²) in [5.74, 6) is -0.477. The number of benzene rings is 2. The molecular weight excluding hydrogens is 370 g/mol. The van der Waals surface area contributed by atoms with Crippen LogP contribution in [0.3, 0.4) is 0 Å². The van der Waals surface area contributed by atoms with E-state index in [0.29, 0.717) is 28.7 Å². The average Bonchev–Trinajstić information content (AvgIpc) is 2.70. The van der Waals surface area contributed by atoms with Crippen LogP contribution in [0, 0.1) is 6.92 Å². The molecule has 0 radical (unpaired) electrons. The van der Waals surface area contributed by atoms with Gasteiger partial charge in [0.05, 0.1) is 16.6 Å². The fourth-order valence-corrected chi connectivity index (χ4v) is 3.20. The van der Waals surface area contributed by atoms with Crippen molar-refractivity contribution in [2.45, 2.75) is 33.7 Å². The molecule has 0 unspecified atom stereocenters. The molecule has 1 amide bonds. The van der Waals surface area contributed by atoms with Crippen molar-refractivity contribution in [1.82, 2.24) is 14.5 Å². The van der Waals surface area contributed by atoms with E-state index >= 15 is 0 Å². The van der Waals surface area contributed by atoms with E-state index < -0.39 is 11.2 Å². The van der Waals surface area contributed by atoms with E-state index in [9.17, 15) is 19.2 Å². The molecule has 0 fully saturated rings. The van der Waals surface area contributed by atoms with Gasteiger partial charge in [0.2, 0.25) is 5.91 Å². The molecule has 0 saturated heterocycles. The highest BCUT2D eigenvalue weighted by Crippen LogP contribution is 2.14. The number of aromatic nitrogens is 2. The van der Waals surface area contributed by atoms with Crippen LogP contribution in [0.1, 0.15) is 36.2 Å². The predicted molar refractivity (Wildman–Crippen MR) is 112 cm³/mol. The van der Waals surface area contributed by atoms with Crippen molar-refractivity contribution in [3.05, 3.63) is 74.4 Å². The fraction of sp³-hybridized carbons (Fsp3) is 0.273. The minimum Gasteiger partial charge on any atom is -0.355 e.